The molecular formula is C38H54N3O14P. The van der Waals surface area contributed by atoms with Gasteiger partial charge in [-0.3, -0.25) is 47.7 Å². The van der Waals surface area contributed by atoms with E-state index in [2.05, 4.69) is 24.3 Å². The van der Waals surface area contributed by atoms with Crippen molar-refractivity contribution in [2.24, 2.45) is 0 Å². The predicted octanol–water partition coefficient (Wildman–Crippen LogP) is 2.19. The molecule has 2 aromatic rings. The number of esters is 5. The lowest BCUT2D eigenvalue weighted by molar-refractivity contribution is -0.148. The molecule has 2 unspecified atom stereocenters. The minimum absolute atomic E-state index is 0.0316. The maximum atomic E-state index is 13.6. The summed E-state index contributed by atoms with van der Waals surface area (Å²) in [6.45, 7) is -2.39. The summed E-state index contributed by atoms with van der Waals surface area (Å²) in [5.41, 5.74) is 1.97. The second kappa shape index (κ2) is 23.1. The van der Waals surface area contributed by atoms with E-state index in [9.17, 15) is 33.4 Å². The number of phosphoric ester groups is 1. The number of ether oxygens (including phenoxy) is 5. The highest BCUT2D eigenvalue weighted by atomic mass is 31.2. The van der Waals surface area contributed by atoms with E-state index in [0.29, 0.717) is 25.7 Å². The summed E-state index contributed by atoms with van der Waals surface area (Å²) < 4.78 is 49.0. The lowest BCUT2D eigenvalue weighted by atomic mass is 9.65. The highest BCUT2D eigenvalue weighted by molar-refractivity contribution is 7.47. The van der Waals surface area contributed by atoms with E-state index in [1.54, 1.807) is 4.90 Å². The lowest BCUT2D eigenvalue weighted by Gasteiger charge is -2.41. The maximum Gasteiger partial charge on any atom is 0.472 e. The molecule has 1 fully saturated rings. The summed E-state index contributed by atoms with van der Waals surface area (Å²) in [4.78, 5) is 77.2. The number of hydrogen-bond acceptors (Lipinski definition) is 16. The van der Waals surface area contributed by atoms with Crippen LogP contribution in [0.4, 0.5) is 0 Å². The smallest absolute Gasteiger partial charge is 0.468 e. The number of hydrogen-bond donors (Lipinski definition) is 1. The summed E-state index contributed by atoms with van der Waals surface area (Å²) in [5, 5.41) is 0. The zero-order valence-electron chi connectivity index (χ0n) is 32.7. The minimum atomic E-state index is -4.75. The number of rotatable bonds is 23. The first-order chi connectivity index (χ1) is 26.8. The third kappa shape index (κ3) is 14.7. The van der Waals surface area contributed by atoms with Crippen molar-refractivity contribution >= 4 is 37.7 Å². The Labute approximate surface area is 327 Å². The molecule has 2 atom stereocenters. The molecule has 0 aromatic heterocycles. The molecule has 18 heteroatoms. The van der Waals surface area contributed by atoms with Crippen LogP contribution in [0.15, 0.2) is 60.7 Å². The first-order valence-electron chi connectivity index (χ1n) is 18.1. The summed E-state index contributed by atoms with van der Waals surface area (Å²) in [6.07, 6.45) is 1.59. The van der Waals surface area contributed by atoms with Gasteiger partial charge in [0.05, 0.1) is 81.0 Å². The molecular weight excluding hydrogens is 753 g/mol. The van der Waals surface area contributed by atoms with E-state index in [4.69, 9.17) is 32.7 Å². The van der Waals surface area contributed by atoms with Crippen molar-refractivity contribution < 1.29 is 66.2 Å². The molecule has 0 bridgehead atoms. The standard InChI is InChI=1S/C38H54N3O14P/c1-49-33(42)23-39(20-21-40(24-34(43)50-2)25-35(44)51-3)22-31(41(26-36(45)52-4)27-37(46)53-5)28-54-56(47,48)55-32-16-18-38(19-17-32,29-12-8-6-9-13-29)30-14-10-7-11-15-30/h6-15,31-32H,16-28H2,1-5H3,(H,47,48). The Balaban J connectivity index is 1.83. The molecule has 0 saturated heterocycles. The number of nitrogens with zero attached hydrogens (tertiary/aromatic N) is 3. The first kappa shape index (κ1) is 46.2. The summed E-state index contributed by atoms with van der Waals surface area (Å²) in [5.74, 6) is -3.35. The van der Waals surface area contributed by atoms with Crippen LogP contribution in [0.5, 0.6) is 0 Å². The van der Waals surface area contributed by atoms with Gasteiger partial charge in [0.15, 0.2) is 0 Å². The molecule has 1 aliphatic rings. The van der Waals surface area contributed by atoms with Gasteiger partial charge in [-0.05, 0) is 36.8 Å². The molecule has 0 aliphatic heterocycles. The van der Waals surface area contributed by atoms with Crippen LogP contribution in [0.25, 0.3) is 0 Å². The van der Waals surface area contributed by atoms with Crippen molar-refractivity contribution in [3.63, 3.8) is 0 Å². The van der Waals surface area contributed by atoms with Gasteiger partial charge in [0, 0.05) is 31.1 Å². The van der Waals surface area contributed by atoms with Gasteiger partial charge in [-0.2, -0.15) is 0 Å². The van der Waals surface area contributed by atoms with Crippen LogP contribution < -0.4 is 0 Å². The fourth-order valence-corrected chi connectivity index (χ4v) is 7.68. The van der Waals surface area contributed by atoms with Crippen molar-refractivity contribution in [3.05, 3.63) is 71.8 Å². The number of carbonyl (C=O) groups is 5. The molecule has 56 heavy (non-hydrogen) atoms. The maximum absolute atomic E-state index is 13.6. The van der Waals surface area contributed by atoms with Gasteiger partial charge in [0.2, 0.25) is 0 Å². The zero-order valence-corrected chi connectivity index (χ0v) is 33.6. The normalized spacial score (nSPS) is 15.8. The Morgan fingerprint density at radius 3 is 1.48 bits per heavy atom. The van der Waals surface area contributed by atoms with Crippen LogP contribution >= 0.6 is 7.82 Å². The van der Waals surface area contributed by atoms with E-state index < -0.39 is 69.5 Å². The second-order valence-electron chi connectivity index (χ2n) is 13.3. The van der Waals surface area contributed by atoms with Crippen molar-refractivity contribution in [1.82, 2.24) is 14.7 Å². The molecule has 0 radical (unpaired) electrons. The third-order valence-electron chi connectivity index (χ3n) is 9.73. The Hall–Kier alpha value is -4.22. The second-order valence-corrected chi connectivity index (χ2v) is 14.7. The first-order valence-corrected chi connectivity index (χ1v) is 19.6. The Morgan fingerprint density at radius 2 is 1.05 bits per heavy atom. The van der Waals surface area contributed by atoms with Crippen LogP contribution in [0.2, 0.25) is 0 Å². The summed E-state index contributed by atoms with van der Waals surface area (Å²) in [7, 11) is 1.16. The van der Waals surface area contributed by atoms with E-state index in [-0.39, 0.29) is 44.7 Å². The van der Waals surface area contributed by atoms with Gasteiger partial charge >= 0.3 is 37.7 Å². The van der Waals surface area contributed by atoms with Crippen LogP contribution in [-0.2, 0) is 66.7 Å². The molecule has 0 heterocycles. The van der Waals surface area contributed by atoms with Gasteiger partial charge < -0.3 is 28.6 Å². The van der Waals surface area contributed by atoms with E-state index in [1.165, 1.54) is 31.1 Å². The van der Waals surface area contributed by atoms with Crippen molar-refractivity contribution in [2.45, 2.75) is 43.2 Å². The van der Waals surface area contributed by atoms with E-state index >= 15 is 0 Å². The highest BCUT2D eigenvalue weighted by Gasteiger charge is 2.41. The molecule has 0 amide bonds. The molecule has 1 N–H and O–H groups in total. The summed E-state index contributed by atoms with van der Waals surface area (Å²) >= 11 is 0. The predicted molar refractivity (Wildman–Crippen MR) is 201 cm³/mol. The minimum Gasteiger partial charge on any atom is -0.468 e. The Kier molecular flexibility index (Phi) is 19.1. The molecule has 310 valence electrons. The van der Waals surface area contributed by atoms with Crippen LogP contribution in [-0.4, -0.2) is 156 Å². The van der Waals surface area contributed by atoms with Crippen LogP contribution in [0, 0.1) is 0 Å². The van der Waals surface area contributed by atoms with E-state index in [0.717, 1.165) is 25.3 Å². The van der Waals surface area contributed by atoms with Crippen LogP contribution in [0.3, 0.4) is 0 Å². The fourth-order valence-electron chi connectivity index (χ4n) is 6.67. The molecule has 0 spiro atoms. The van der Waals surface area contributed by atoms with Gasteiger partial charge in [-0.1, -0.05) is 60.7 Å². The average molecular weight is 808 g/mol. The molecule has 3 rings (SSSR count). The molecule has 1 aliphatic carbocycles. The van der Waals surface area contributed by atoms with Gasteiger partial charge in [0.1, 0.15) is 0 Å². The SMILES string of the molecule is COC(=O)CN(CCN(CC(=O)OC)CC(COP(=O)(O)OC1CCC(c2ccccc2)(c2ccccc2)CC1)N(CC(=O)OC)CC(=O)OC)CC(=O)OC. The largest absolute Gasteiger partial charge is 0.472 e. The molecule has 1 saturated carbocycles. The van der Waals surface area contributed by atoms with Crippen molar-refractivity contribution in [2.75, 3.05) is 94.5 Å². The Morgan fingerprint density at radius 1 is 0.661 bits per heavy atom. The topological polar surface area (TPSA) is 197 Å². The van der Waals surface area contributed by atoms with Gasteiger partial charge in [-0.25, -0.2) is 4.57 Å². The zero-order chi connectivity index (χ0) is 41.1. The highest BCUT2D eigenvalue weighted by Crippen LogP contribution is 2.51. The quantitative estimate of drug-likeness (QED) is 0.0974. The van der Waals surface area contributed by atoms with Crippen molar-refractivity contribution in [1.29, 1.82) is 0 Å². The Bertz CT molecular complexity index is 1530. The average Bonchev–Trinajstić information content (AvgIpc) is 3.21. The number of methoxy groups -OCH3 is 5. The van der Waals surface area contributed by atoms with Gasteiger partial charge in [-0.15, -0.1) is 0 Å². The van der Waals surface area contributed by atoms with Crippen LogP contribution in [0.1, 0.15) is 36.8 Å². The van der Waals surface area contributed by atoms with Gasteiger partial charge in [0.25, 0.3) is 0 Å². The number of carbonyl (C=O) groups excluding carboxylic acids is 5. The fraction of sp³-hybridized carbons (Fsp3) is 0.553. The number of phosphoric acid groups is 1. The molecule has 2 aromatic carbocycles. The number of benzene rings is 2. The third-order valence-corrected chi connectivity index (χ3v) is 10.8. The van der Waals surface area contributed by atoms with Crippen molar-refractivity contribution in [3.8, 4) is 0 Å². The lowest BCUT2D eigenvalue weighted by Crippen LogP contribution is -2.52. The molecule has 17 nitrogen and oxygen atoms in total. The monoisotopic (exact) mass is 807 g/mol. The summed E-state index contributed by atoms with van der Waals surface area (Å²) in [6, 6.07) is 19.2. The van der Waals surface area contributed by atoms with E-state index in [1.807, 2.05) is 36.4 Å².